The van der Waals surface area contributed by atoms with E-state index in [1.54, 1.807) is 18.2 Å². The summed E-state index contributed by atoms with van der Waals surface area (Å²) < 4.78 is 44.1. The maximum absolute atomic E-state index is 12.7. The van der Waals surface area contributed by atoms with Crippen molar-refractivity contribution >= 4 is 31.9 Å². The van der Waals surface area contributed by atoms with Gasteiger partial charge in [0.05, 0.1) is 5.92 Å². The smallest absolute Gasteiger partial charge is 0.309 e. The number of halogens is 1. The summed E-state index contributed by atoms with van der Waals surface area (Å²) in [6, 6.07) is 6.72. The zero-order chi connectivity index (χ0) is 21.1. The van der Waals surface area contributed by atoms with Gasteiger partial charge in [-0.15, -0.1) is 0 Å². The van der Waals surface area contributed by atoms with E-state index < -0.39 is 10.0 Å². The molecule has 10 heteroatoms. The van der Waals surface area contributed by atoms with E-state index in [1.807, 2.05) is 0 Å². The first kappa shape index (κ1) is 21.1. The van der Waals surface area contributed by atoms with Crippen molar-refractivity contribution in [3.8, 4) is 11.5 Å². The Morgan fingerprint density at radius 1 is 1.20 bits per heavy atom. The van der Waals surface area contributed by atoms with Crippen molar-refractivity contribution in [1.82, 2.24) is 9.29 Å². The lowest BCUT2D eigenvalue weighted by Crippen LogP contribution is -2.40. The molecule has 1 aromatic heterocycles. The number of carbonyl (C=O) groups excluding carboxylic acids is 1. The molecule has 2 aliphatic rings. The van der Waals surface area contributed by atoms with Crippen LogP contribution in [-0.4, -0.2) is 50.0 Å². The summed E-state index contributed by atoms with van der Waals surface area (Å²) in [7, 11) is -3.59. The standard InChI is InChI=1S/C20H21BrN2O6S/c21-17-11-19-18(27-8-9-28-19)10-15(17)13-29-20(24)14-3-6-23(7-4-14)30(25,26)16-2-1-5-22-12-16/h1-2,5,10-12,14H,3-4,6-9,13H2. The predicted octanol–water partition coefficient (Wildman–Crippen LogP) is 2.76. The molecule has 0 aliphatic carbocycles. The third kappa shape index (κ3) is 4.45. The quantitative estimate of drug-likeness (QED) is 0.587. The average molecular weight is 497 g/mol. The van der Waals surface area contributed by atoms with E-state index in [0.717, 1.165) is 10.0 Å². The molecule has 8 nitrogen and oxygen atoms in total. The SMILES string of the molecule is O=C(OCc1cc2c(cc1Br)OCCO2)C1CCN(S(=O)(=O)c2cccnc2)CC1. The molecule has 1 aromatic carbocycles. The maximum atomic E-state index is 12.7. The number of pyridine rings is 1. The van der Waals surface area contributed by atoms with Gasteiger partial charge in [0.15, 0.2) is 11.5 Å². The summed E-state index contributed by atoms with van der Waals surface area (Å²) in [5.74, 6) is 0.631. The number of ether oxygens (including phenoxy) is 3. The van der Waals surface area contributed by atoms with Crippen molar-refractivity contribution in [2.75, 3.05) is 26.3 Å². The van der Waals surface area contributed by atoms with E-state index in [9.17, 15) is 13.2 Å². The lowest BCUT2D eigenvalue weighted by molar-refractivity contribution is -0.151. The summed E-state index contributed by atoms with van der Waals surface area (Å²) in [6.45, 7) is 1.62. The number of sulfonamides is 1. The van der Waals surface area contributed by atoms with Crippen LogP contribution < -0.4 is 9.47 Å². The lowest BCUT2D eigenvalue weighted by Gasteiger charge is -2.30. The topological polar surface area (TPSA) is 95.0 Å². The van der Waals surface area contributed by atoms with E-state index in [-0.39, 0.29) is 36.5 Å². The molecule has 0 spiro atoms. The average Bonchev–Trinajstić information content (AvgIpc) is 2.78. The Morgan fingerprint density at radius 2 is 1.90 bits per heavy atom. The molecule has 3 heterocycles. The Hall–Kier alpha value is -2.17. The number of carbonyl (C=O) groups is 1. The van der Waals surface area contributed by atoms with Gasteiger partial charge >= 0.3 is 5.97 Å². The molecule has 1 fully saturated rings. The summed E-state index contributed by atoms with van der Waals surface area (Å²) in [5, 5.41) is 0. The normalized spacial score (nSPS) is 17.5. The molecular weight excluding hydrogens is 476 g/mol. The van der Waals surface area contributed by atoms with Crippen LogP contribution in [0, 0.1) is 5.92 Å². The predicted molar refractivity (Wildman–Crippen MR) is 111 cm³/mol. The van der Waals surface area contributed by atoms with Crippen LogP contribution in [0.3, 0.4) is 0 Å². The highest BCUT2D eigenvalue weighted by Gasteiger charge is 2.33. The van der Waals surface area contributed by atoms with Gasteiger partial charge in [-0.2, -0.15) is 4.31 Å². The van der Waals surface area contributed by atoms with Gasteiger partial charge in [-0.3, -0.25) is 9.78 Å². The summed E-state index contributed by atoms with van der Waals surface area (Å²) in [6.07, 6.45) is 3.70. The van der Waals surface area contributed by atoms with Crippen LogP contribution in [0.4, 0.5) is 0 Å². The molecule has 0 amide bonds. The number of aromatic nitrogens is 1. The molecule has 0 saturated carbocycles. The third-order valence-corrected chi connectivity index (χ3v) is 7.76. The van der Waals surface area contributed by atoms with E-state index in [2.05, 4.69) is 20.9 Å². The van der Waals surface area contributed by atoms with E-state index in [1.165, 1.54) is 22.8 Å². The van der Waals surface area contributed by atoms with Gasteiger partial charge in [0.25, 0.3) is 0 Å². The fourth-order valence-electron chi connectivity index (χ4n) is 3.46. The second kappa shape index (κ2) is 8.91. The molecule has 2 aromatic rings. The maximum Gasteiger partial charge on any atom is 0.309 e. The first-order chi connectivity index (χ1) is 14.4. The lowest BCUT2D eigenvalue weighted by atomic mass is 9.98. The van der Waals surface area contributed by atoms with Gasteiger partial charge in [0.1, 0.15) is 24.7 Å². The highest BCUT2D eigenvalue weighted by Crippen LogP contribution is 2.36. The summed E-state index contributed by atoms with van der Waals surface area (Å²) in [5.41, 5.74) is 0.782. The number of hydrogen-bond donors (Lipinski definition) is 0. The van der Waals surface area contributed by atoms with Gasteiger partial charge in [0.2, 0.25) is 10.0 Å². The van der Waals surface area contributed by atoms with Crippen LogP contribution in [0.25, 0.3) is 0 Å². The van der Waals surface area contributed by atoms with Gasteiger partial charge in [-0.05, 0) is 37.1 Å². The zero-order valence-electron chi connectivity index (χ0n) is 16.1. The van der Waals surface area contributed by atoms with Crippen molar-refractivity contribution in [1.29, 1.82) is 0 Å². The minimum absolute atomic E-state index is 0.101. The van der Waals surface area contributed by atoms with E-state index in [4.69, 9.17) is 14.2 Å². The highest BCUT2D eigenvalue weighted by molar-refractivity contribution is 9.10. The molecule has 0 unspecified atom stereocenters. The fourth-order valence-corrected chi connectivity index (χ4v) is 5.34. The van der Waals surface area contributed by atoms with E-state index in [0.29, 0.717) is 37.6 Å². The molecule has 0 radical (unpaired) electrons. The van der Waals surface area contributed by atoms with Gasteiger partial charge in [-0.1, -0.05) is 15.9 Å². The van der Waals surface area contributed by atoms with Crippen LogP contribution in [0.2, 0.25) is 0 Å². The molecule has 0 bridgehead atoms. The Kier molecular flexibility index (Phi) is 6.26. The number of hydrogen-bond acceptors (Lipinski definition) is 7. The van der Waals surface area contributed by atoms with Gasteiger partial charge < -0.3 is 14.2 Å². The van der Waals surface area contributed by atoms with Crippen molar-refractivity contribution in [3.05, 3.63) is 46.7 Å². The second-order valence-corrected chi connectivity index (χ2v) is 9.85. The Bertz CT molecular complexity index is 1020. The Morgan fingerprint density at radius 3 is 2.57 bits per heavy atom. The number of nitrogens with zero attached hydrogens (tertiary/aromatic N) is 2. The molecule has 30 heavy (non-hydrogen) atoms. The summed E-state index contributed by atoms with van der Waals surface area (Å²) >= 11 is 3.47. The first-order valence-corrected chi connectivity index (χ1v) is 11.8. The summed E-state index contributed by atoms with van der Waals surface area (Å²) in [4.78, 5) is 16.6. The molecule has 0 N–H and O–H groups in total. The minimum Gasteiger partial charge on any atom is -0.486 e. The van der Waals surface area contributed by atoms with Gasteiger partial charge in [0, 0.05) is 35.5 Å². The van der Waals surface area contributed by atoms with Crippen LogP contribution in [0.15, 0.2) is 46.0 Å². The zero-order valence-corrected chi connectivity index (χ0v) is 18.5. The van der Waals surface area contributed by atoms with Crippen LogP contribution >= 0.6 is 15.9 Å². The van der Waals surface area contributed by atoms with Crippen molar-refractivity contribution in [3.63, 3.8) is 0 Å². The molecule has 0 atom stereocenters. The highest BCUT2D eigenvalue weighted by atomic mass is 79.9. The van der Waals surface area contributed by atoms with Crippen molar-refractivity contribution in [2.45, 2.75) is 24.3 Å². The van der Waals surface area contributed by atoms with Crippen molar-refractivity contribution < 1.29 is 27.4 Å². The molecule has 1 saturated heterocycles. The van der Waals surface area contributed by atoms with Crippen LogP contribution in [0.1, 0.15) is 18.4 Å². The molecule has 2 aliphatic heterocycles. The van der Waals surface area contributed by atoms with Gasteiger partial charge in [-0.25, -0.2) is 8.42 Å². The Balaban J connectivity index is 1.33. The first-order valence-electron chi connectivity index (χ1n) is 9.60. The minimum atomic E-state index is -3.59. The number of esters is 1. The number of fused-ring (bicyclic) bond motifs is 1. The number of piperidine rings is 1. The Labute approximate surface area is 183 Å². The fraction of sp³-hybridized carbons (Fsp3) is 0.400. The number of rotatable bonds is 5. The van der Waals surface area contributed by atoms with Crippen LogP contribution in [-0.2, 0) is 26.2 Å². The molecule has 160 valence electrons. The largest absolute Gasteiger partial charge is 0.486 e. The third-order valence-electron chi connectivity index (χ3n) is 5.14. The number of benzene rings is 1. The van der Waals surface area contributed by atoms with Crippen LogP contribution in [0.5, 0.6) is 11.5 Å². The molecule has 4 rings (SSSR count). The molecular formula is C20H21BrN2O6S. The monoisotopic (exact) mass is 496 g/mol. The van der Waals surface area contributed by atoms with E-state index >= 15 is 0 Å². The van der Waals surface area contributed by atoms with Crippen molar-refractivity contribution in [2.24, 2.45) is 5.92 Å². The second-order valence-electron chi connectivity index (χ2n) is 7.06.